The second-order valence-electron chi connectivity index (χ2n) is 7.61. The number of anilines is 1. The highest BCUT2D eigenvalue weighted by molar-refractivity contribution is 6.02. The van der Waals surface area contributed by atoms with Gasteiger partial charge < -0.3 is 24.5 Å². The molecule has 2 aromatic carbocycles. The third kappa shape index (κ3) is 4.71. The SMILES string of the molecule is CC(C)[C@H](NC(=O)c1ccc(NC(=O)c2ccco2)cc1)c1ccc2c(c1)OCCO2. The second kappa shape index (κ2) is 8.95. The van der Waals surface area contributed by atoms with Crippen LogP contribution < -0.4 is 20.1 Å². The summed E-state index contributed by atoms with van der Waals surface area (Å²) in [6, 6.07) is 15.5. The molecule has 1 aromatic heterocycles. The topological polar surface area (TPSA) is 89.8 Å². The van der Waals surface area contributed by atoms with Gasteiger partial charge in [0.1, 0.15) is 13.2 Å². The van der Waals surface area contributed by atoms with Crippen LogP contribution in [0.15, 0.2) is 65.3 Å². The standard InChI is InChI=1S/C24H24N2O5/c1-15(2)22(17-7-10-19-21(14-17)31-13-12-30-19)26-23(27)16-5-8-18(9-6-16)25-24(28)20-4-3-11-29-20/h3-11,14-15,22H,12-13H2,1-2H3,(H,25,28)(H,26,27)/t22-/m0/s1. The van der Waals surface area contributed by atoms with E-state index < -0.39 is 0 Å². The summed E-state index contributed by atoms with van der Waals surface area (Å²) in [5.74, 6) is 1.26. The molecule has 0 radical (unpaired) electrons. The van der Waals surface area contributed by atoms with Gasteiger partial charge in [0.25, 0.3) is 11.8 Å². The molecule has 31 heavy (non-hydrogen) atoms. The van der Waals surface area contributed by atoms with E-state index in [1.165, 1.54) is 6.26 Å². The molecule has 0 aliphatic carbocycles. The van der Waals surface area contributed by atoms with Crippen molar-refractivity contribution in [1.82, 2.24) is 5.32 Å². The highest BCUT2D eigenvalue weighted by Crippen LogP contribution is 2.34. The summed E-state index contributed by atoms with van der Waals surface area (Å²) in [6.45, 7) is 5.15. The Morgan fingerprint density at radius 1 is 0.903 bits per heavy atom. The van der Waals surface area contributed by atoms with Crippen molar-refractivity contribution in [2.24, 2.45) is 5.92 Å². The lowest BCUT2D eigenvalue weighted by Gasteiger charge is -2.25. The molecular formula is C24H24N2O5. The van der Waals surface area contributed by atoms with E-state index in [0.717, 1.165) is 11.3 Å². The van der Waals surface area contributed by atoms with Crippen LogP contribution in [0.5, 0.6) is 11.5 Å². The molecule has 1 aliphatic heterocycles. The summed E-state index contributed by atoms with van der Waals surface area (Å²) in [7, 11) is 0. The molecule has 3 aromatic rings. The summed E-state index contributed by atoms with van der Waals surface area (Å²) in [5, 5.41) is 5.83. The molecule has 160 valence electrons. The maximum Gasteiger partial charge on any atom is 0.291 e. The van der Waals surface area contributed by atoms with Crippen LogP contribution in [0.4, 0.5) is 5.69 Å². The normalized spacial score (nSPS) is 13.5. The van der Waals surface area contributed by atoms with E-state index in [4.69, 9.17) is 13.9 Å². The largest absolute Gasteiger partial charge is 0.486 e. The predicted octanol–water partition coefficient (Wildman–Crippen LogP) is 4.43. The van der Waals surface area contributed by atoms with Gasteiger partial charge in [-0.15, -0.1) is 0 Å². The molecule has 0 fully saturated rings. The minimum Gasteiger partial charge on any atom is -0.486 e. The maximum absolute atomic E-state index is 12.9. The summed E-state index contributed by atoms with van der Waals surface area (Å²) >= 11 is 0. The van der Waals surface area contributed by atoms with Crippen molar-refractivity contribution < 1.29 is 23.5 Å². The third-order valence-electron chi connectivity index (χ3n) is 5.03. The predicted molar refractivity (Wildman–Crippen MR) is 116 cm³/mol. The van der Waals surface area contributed by atoms with Gasteiger partial charge >= 0.3 is 0 Å². The van der Waals surface area contributed by atoms with E-state index in [1.54, 1.807) is 36.4 Å². The Balaban J connectivity index is 1.45. The van der Waals surface area contributed by atoms with Gasteiger partial charge in [-0.1, -0.05) is 19.9 Å². The van der Waals surface area contributed by atoms with Gasteiger partial charge in [0.05, 0.1) is 12.3 Å². The number of carbonyl (C=O) groups excluding carboxylic acids is 2. The van der Waals surface area contributed by atoms with Crippen molar-refractivity contribution in [2.75, 3.05) is 18.5 Å². The van der Waals surface area contributed by atoms with Crippen molar-refractivity contribution in [3.05, 3.63) is 77.7 Å². The number of carbonyl (C=O) groups is 2. The summed E-state index contributed by atoms with van der Waals surface area (Å²) in [5.41, 5.74) is 2.03. The van der Waals surface area contributed by atoms with E-state index in [0.29, 0.717) is 30.2 Å². The number of nitrogens with one attached hydrogen (secondary N) is 2. The first-order chi connectivity index (χ1) is 15.0. The number of furan rings is 1. The molecular weight excluding hydrogens is 396 g/mol. The first-order valence-electron chi connectivity index (χ1n) is 10.2. The van der Waals surface area contributed by atoms with E-state index >= 15 is 0 Å². The minimum atomic E-state index is -0.347. The number of ether oxygens (including phenoxy) is 2. The zero-order chi connectivity index (χ0) is 21.8. The Kier molecular flexibility index (Phi) is 5.93. The fraction of sp³-hybridized carbons (Fsp3) is 0.250. The fourth-order valence-corrected chi connectivity index (χ4v) is 3.42. The molecule has 2 amide bonds. The van der Waals surface area contributed by atoms with Crippen LogP contribution in [-0.2, 0) is 0 Å². The molecule has 0 saturated carbocycles. The van der Waals surface area contributed by atoms with Crippen molar-refractivity contribution in [2.45, 2.75) is 19.9 Å². The Morgan fingerprint density at radius 3 is 2.32 bits per heavy atom. The quantitative estimate of drug-likeness (QED) is 0.616. The van der Waals surface area contributed by atoms with E-state index in [1.807, 2.05) is 18.2 Å². The molecule has 4 rings (SSSR count). The van der Waals surface area contributed by atoms with E-state index in [9.17, 15) is 9.59 Å². The van der Waals surface area contributed by atoms with Gasteiger partial charge in [-0.25, -0.2) is 0 Å². The number of amides is 2. The van der Waals surface area contributed by atoms with Crippen molar-refractivity contribution in [1.29, 1.82) is 0 Å². The molecule has 1 atom stereocenters. The zero-order valence-corrected chi connectivity index (χ0v) is 17.4. The van der Waals surface area contributed by atoms with E-state index in [-0.39, 0.29) is 29.5 Å². The van der Waals surface area contributed by atoms with Gasteiger partial charge in [-0.2, -0.15) is 0 Å². The molecule has 0 saturated heterocycles. The van der Waals surface area contributed by atoms with Crippen LogP contribution in [0.1, 0.15) is 46.4 Å². The van der Waals surface area contributed by atoms with Gasteiger partial charge in [-0.05, 0) is 60.0 Å². The first-order valence-corrected chi connectivity index (χ1v) is 10.2. The zero-order valence-electron chi connectivity index (χ0n) is 17.4. The van der Waals surface area contributed by atoms with Gasteiger partial charge in [0, 0.05) is 11.3 Å². The molecule has 0 unspecified atom stereocenters. The molecule has 2 heterocycles. The third-order valence-corrected chi connectivity index (χ3v) is 5.03. The van der Waals surface area contributed by atoms with Crippen LogP contribution in [0, 0.1) is 5.92 Å². The summed E-state index contributed by atoms with van der Waals surface area (Å²) < 4.78 is 16.3. The first kappa shape index (κ1) is 20.5. The molecule has 7 heteroatoms. The minimum absolute atomic E-state index is 0.165. The van der Waals surface area contributed by atoms with Crippen LogP contribution in [0.3, 0.4) is 0 Å². The number of benzene rings is 2. The molecule has 0 spiro atoms. The number of rotatable bonds is 6. The fourth-order valence-electron chi connectivity index (χ4n) is 3.42. The highest BCUT2D eigenvalue weighted by atomic mass is 16.6. The summed E-state index contributed by atoms with van der Waals surface area (Å²) in [4.78, 5) is 24.9. The Hall–Kier alpha value is -3.74. The van der Waals surface area contributed by atoms with E-state index in [2.05, 4.69) is 24.5 Å². The maximum atomic E-state index is 12.9. The van der Waals surface area contributed by atoms with Crippen LogP contribution in [0.25, 0.3) is 0 Å². The monoisotopic (exact) mass is 420 g/mol. The van der Waals surface area contributed by atoms with Crippen molar-refractivity contribution in [3.8, 4) is 11.5 Å². The van der Waals surface area contributed by atoms with Crippen LogP contribution in [-0.4, -0.2) is 25.0 Å². The average Bonchev–Trinajstić information content (AvgIpc) is 3.32. The average molecular weight is 420 g/mol. The van der Waals surface area contributed by atoms with Crippen molar-refractivity contribution in [3.63, 3.8) is 0 Å². The second-order valence-corrected chi connectivity index (χ2v) is 7.61. The molecule has 7 nitrogen and oxygen atoms in total. The summed E-state index contributed by atoms with van der Waals surface area (Å²) in [6.07, 6.45) is 1.44. The lowest BCUT2D eigenvalue weighted by Crippen LogP contribution is -2.32. The number of hydrogen-bond acceptors (Lipinski definition) is 5. The Morgan fingerprint density at radius 2 is 1.65 bits per heavy atom. The lowest BCUT2D eigenvalue weighted by atomic mass is 9.95. The lowest BCUT2D eigenvalue weighted by molar-refractivity contribution is 0.0924. The van der Waals surface area contributed by atoms with Gasteiger partial charge in [-0.3, -0.25) is 9.59 Å². The smallest absolute Gasteiger partial charge is 0.291 e. The molecule has 0 bridgehead atoms. The van der Waals surface area contributed by atoms with Gasteiger partial charge in [0.2, 0.25) is 0 Å². The van der Waals surface area contributed by atoms with Gasteiger partial charge in [0.15, 0.2) is 17.3 Å². The molecule has 2 N–H and O–H groups in total. The Bertz CT molecular complexity index is 1060. The Labute approximate surface area is 180 Å². The molecule has 1 aliphatic rings. The van der Waals surface area contributed by atoms with Crippen LogP contribution >= 0.6 is 0 Å². The number of hydrogen-bond donors (Lipinski definition) is 2. The van der Waals surface area contributed by atoms with Crippen LogP contribution in [0.2, 0.25) is 0 Å². The highest BCUT2D eigenvalue weighted by Gasteiger charge is 2.22. The number of fused-ring (bicyclic) bond motifs is 1. The van der Waals surface area contributed by atoms with Crippen molar-refractivity contribution >= 4 is 17.5 Å².